The van der Waals surface area contributed by atoms with Crippen molar-refractivity contribution in [3.8, 4) is 0 Å². The Hall–Kier alpha value is -0.660. The summed E-state index contributed by atoms with van der Waals surface area (Å²) in [6, 6.07) is -0.183. The summed E-state index contributed by atoms with van der Waals surface area (Å²) >= 11 is 0. The highest BCUT2D eigenvalue weighted by Gasteiger charge is 2.26. The first-order valence-corrected chi connectivity index (χ1v) is 9.14. The van der Waals surface area contributed by atoms with Crippen LogP contribution in [0.3, 0.4) is 0 Å². The lowest BCUT2D eigenvalue weighted by molar-refractivity contribution is -0.122. The van der Waals surface area contributed by atoms with Crippen LogP contribution in [-0.4, -0.2) is 69.0 Å². The lowest BCUT2D eigenvalue weighted by Gasteiger charge is -2.26. The van der Waals surface area contributed by atoms with Crippen LogP contribution in [0.15, 0.2) is 0 Å². The first kappa shape index (κ1) is 17.4. The maximum absolute atomic E-state index is 11.9. The van der Waals surface area contributed by atoms with E-state index >= 15 is 0 Å². The zero-order valence-corrected chi connectivity index (χ0v) is 13.5. The van der Waals surface area contributed by atoms with Crippen LogP contribution in [0.2, 0.25) is 0 Å². The van der Waals surface area contributed by atoms with Gasteiger partial charge in [0.2, 0.25) is 5.91 Å². The summed E-state index contributed by atoms with van der Waals surface area (Å²) in [6.07, 6.45) is 0.224. The van der Waals surface area contributed by atoms with Gasteiger partial charge in [-0.1, -0.05) is 13.8 Å². The quantitative estimate of drug-likeness (QED) is 0.670. The topological polar surface area (TPSA) is 78.5 Å². The number of carbonyl (C=O) groups excluding carboxylic acids is 1. The molecule has 0 saturated carbocycles. The average molecular weight is 305 g/mol. The second-order valence-corrected chi connectivity index (χ2v) is 7.65. The molecule has 7 heteroatoms. The third-order valence-corrected chi connectivity index (χ3v) is 5.30. The molecular weight excluding hydrogens is 278 g/mol. The molecule has 1 fully saturated rings. The third kappa shape index (κ3) is 6.19. The summed E-state index contributed by atoms with van der Waals surface area (Å²) < 4.78 is 23.0. The number of carbonyl (C=O) groups is 1. The van der Waals surface area contributed by atoms with Crippen molar-refractivity contribution in [2.24, 2.45) is 0 Å². The zero-order chi connectivity index (χ0) is 15.2. The fourth-order valence-corrected chi connectivity index (χ4v) is 3.91. The number of rotatable bonds is 7. The van der Waals surface area contributed by atoms with Crippen molar-refractivity contribution >= 4 is 15.7 Å². The minimum Gasteiger partial charge on any atom is -0.352 e. The van der Waals surface area contributed by atoms with Crippen LogP contribution >= 0.6 is 0 Å². The molecule has 20 heavy (non-hydrogen) atoms. The maximum atomic E-state index is 11.9. The first-order valence-electron chi connectivity index (χ1n) is 7.31. The SMILES string of the molecule is CCN(CC)CC(C)NC(=O)CC1CS(=O)(=O)CCN1. The van der Waals surface area contributed by atoms with Gasteiger partial charge in [-0.15, -0.1) is 0 Å². The molecule has 0 aromatic carbocycles. The molecule has 0 spiro atoms. The summed E-state index contributed by atoms with van der Waals surface area (Å²) in [5, 5.41) is 6.03. The highest BCUT2D eigenvalue weighted by Crippen LogP contribution is 2.05. The van der Waals surface area contributed by atoms with E-state index in [0.29, 0.717) is 6.54 Å². The minimum absolute atomic E-state index is 0.0604. The zero-order valence-electron chi connectivity index (χ0n) is 12.7. The summed E-state index contributed by atoms with van der Waals surface area (Å²) in [5.74, 6) is 0.146. The van der Waals surface area contributed by atoms with Crippen molar-refractivity contribution in [3.63, 3.8) is 0 Å². The molecule has 0 aromatic rings. The van der Waals surface area contributed by atoms with Gasteiger partial charge in [0, 0.05) is 31.6 Å². The van der Waals surface area contributed by atoms with Crippen molar-refractivity contribution in [3.05, 3.63) is 0 Å². The lowest BCUT2D eigenvalue weighted by Crippen LogP contribution is -2.49. The van der Waals surface area contributed by atoms with Gasteiger partial charge in [0.25, 0.3) is 0 Å². The molecule has 1 saturated heterocycles. The fraction of sp³-hybridized carbons (Fsp3) is 0.923. The highest BCUT2D eigenvalue weighted by atomic mass is 32.2. The van der Waals surface area contributed by atoms with E-state index in [2.05, 4.69) is 29.4 Å². The largest absolute Gasteiger partial charge is 0.352 e. The Morgan fingerprint density at radius 2 is 2.05 bits per heavy atom. The van der Waals surface area contributed by atoms with Crippen LogP contribution in [0.5, 0.6) is 0 Å². The van der Waals surface area contributed by atoms with Crippen LogP contribution in [0.1, 0.15) is 27.2 Å². The van der Waals surface area contributed by atoms with E-state index in [-0.39, 0.29) is 35.9 Å². The van der Waals surface area contributed by atoms with Gasteiger partial charge in [-0.2, -0.15) is 0 Å². The molecule has 118 valence electrons. The molecule has 2 unspecified atom stereocenters. The van der Waals surface area contributed by atoms with Crippen molar-refractivity contribution in [2.45, 2.75) is 39.3 Å². The number of sulfone groups is 1. The molecule has 1 rings (SSSR count). The van der Waals surface area contributed by atoms with E-state index in [1.807, 2.05) is 6.92 Å². The summed E-state index contributed by atoms with van der Waals surface area (Å²) in [4.78, 5) is 14.2. The number of nitrogens with one attached hydrogen (secondary N) is 2. The van der Waals surface area contributed by atoms with Crippen LogP contribution < -0.4 is 10.6 Å². The predicted octanol–water partition coefficient (Wildman–Crippen LogP) is -0.390. The number of hydrogen-bond donors (Lipinski definition) is 2. The van der Waals surface area contributed by atoms with Crippen LogP contribution in [0, 0.1) is 0 Å². The molecule has 6 nitrogen and oxygen atoms in total. The second kappa shape index (κ2) is 7.95. The van der Waals surface area contributed by atoms with Crippen LogP contribution in [0.25, 0.3) is 0 Å². The van der Waals surface area contributed by atoms with Crippen LogP contribution in [0.4, 0.5) is 0 Å². The van der Waals surface area contributed by atoms with Gasteiger partial charge in [0.1, 0.15) is 0 Å². The van der Waals surface area contributed by atoms with E-state index in [4.69, 9.17) is 0 Å². The molecule has 0 bridgehead atoms. The van der Waals surface area contributed by atoms with Gasteiger partial charge in [-0.25, -0.2) is 8.42 Å². The van der Waals surface area contributed by atoms with Gasteiger partial charge in [0.05, 0.1) is 11.5 Å². The standard InChI is InChI=1S/C13H27N3O3S/c1-4-16(5-2)9-11(3)15-13(17)8-12-10-20(18,19)7-6-14-12/h11-12,14H,4-10H2,1-3H3,(H,15,17). The summed E-state index contributed by atoms with van der Waals surface area (Å²) in [7, 11) is -2.98. The van der Waals surface area contributed by atoms with Gasteiger partial charge in [0.15, 0.2) is 9.84 Å². The molecule has 1 heterocycles. The Kier molecular flexibility index (Phi) is 6.91. The first-order chi connectivity index (χ1) is 9.36. The van der Waals surface area contributed by atoms with Crippen molar-refractivity contribution in [1.82, 2.24) is 15.5 Å². The van der Waals surface area contributed by atoms with E-state index in [1.54, 1.807) is 0 Å². The monoisotopic (exact) mass is 305 g/mol. The smallest absolute Gasteiger partial charge is 0.221 e. The molecule has 0 aliphatic carbocycles. The van der Waals surface area contributed by atoms with Crippen molar-refractivity contribution < 1.29 is 13.2 Å². The van der Waals surface area contributed by atoms with Gasteiger partial charge in [-0.05, 0) is 20.0 Å². The predicted molar refractivity (Wildman–Crippen MR) is 80.5 cm³/mol. The van der Waals surface area contributed by atoms with E-state index in [9.17, 15) is 13.2 Å². The Morgan fingerprint density at radius 3 is 2.60 bits per heavy atom. The van der Waals surface area contributed by atoms with E-state index in [1.165, 1.54) is 0 Å². The number of hydrogen-bond acceptors (Lipinski definition) is 5. The third-order valence-electron chi connectivity index (χ3n) is 3.57. The molecule has 1 amide bonds. The molecule has 1 aliphatic rings. The molecule has 2 N–H and O–H groups in total. The maximum Gasteiger partial charge on any atom is 0.221 e. The van der Waals surface area contributed by atoms with Gasteiger partial charge >= 0.3 is 0 Å². The van der Waals surface area contributed by atoms with Crippen molar-refractivity contribution in [1.29, 1.82) is 0 Å². The Morgan fingerprint density at radius 1 is 1.40 bits per heavy atom. The number of likely N-dealkylation sites (N-methyl/N-ethyl adjacent to an activating group) is 1. The molecule has 0 aromatic heterocycles. The number of nitrogens with zero attached hydrogens (tertiary/aromatic N) is 1. The van der Waals surface area contributed by atoms with Crippen molar-refractivity contribution in [2.75, 3.05) is 37.7 Å². The molecular formula is C13H27N3O3S. The average Bonchev–Trinajstić information content (AvgIpc) is 2.34. The fourth-order valence-electron chi connectivity index (χ4n) is 2.47. The Balaban J connectivity index is 2.36. The normalized spacial score (nSPS) is 23.5. The second-order valence-electron chi connectivity index (χ2n) is 5.42. The lowest BCUT2D eigenvalue weighted by atomic mass is 10.2. The highest BCUT2D eigenvalue weighted by molar-refractivity contribution is 7.91. The summed E-state index contributed by atoms with van der Waals surface area (Å²) in [6.45, 7) is 9.33. The minimum atomic E-state index is -2.98. The molecule has 2 atom stereocenters. The Bertz CT molecular complexity index is 407. The van der Waals surface area contributed by atoms with E-state index in [0.717, 1.165) is 19.6 Å². The number of amides is 1. The molecule has 1 aliphatic heterocycles. The summed E-state index contributed by atoms with van der Waals surface area (Å²) in [5.41, 5.74) is 0. The van der Waals surface area contributed by atoms with Gasteiger partial charge < -0.3 is 15.5 Å². The van der Waals surface area contributed by atoms with Crippen LogP contribution in [-0.2, 0) is 14.6 Å². The van der Waals surface area contributed by atoms with Gasteiger partial charge in [-0.3, -0.25) is 4.79 Å². The Labute approximate surface area is 122 Å². The van der Waals surface area contributed by atoms with E-state index < -0.39 is 9.84 Å². The molecule has 0 radical (unpaired) electrons.